The van der Waals surface area contributed by atoms with Crippen LogP contribution < -0.4 is 0 Å². The van der Waals surface area contributed by atoms with Crippen molar-refractivity contribution < 1.29 is 9.32 Å². The summed E-state index contributed by atoms with van der Waals surface area (Å²) in [7, 11) is 0. The van der Waals surface area contributed by atoms with Crippen molar-refractivity contribution in [3.8, 4) is 11.5 Å². The first-order chi connectivity index (χ1) is 9.74. The van der Waals surface area contributed by atoms with Crippen LogP contribution in [0, 0.1) is 0 Å². The molecule has 1 saturated carbocycles. The molecule has 1 fully saturated rings. The highest BCUT2D eigenvalue weighted by Crippen LogP contribution is 2.29. The Hall–Kier alpha value is -1.75. The van der Waals surface area contributed by atoms with E-state index in [1.54, 1.807) is 12.1 Å². The maximum Gasteiger partial charge on any atom is 0.237 e. The van der Waals surface area contributed by atoms with Crippen molar-refractivity contribution in [1.29, 1.82) is 0 Å². The Bertz CT molecular complexity index is 609. The zero-order valence-electron chi connectivity index (χ0n) is 10.9. The average Bonchev–Trinajstić information content (AvgIpc) is 2.83. The Morgan fingerprint density at radius 2 is 2.15 bits per heavy atom. The van der Waals surface area contributed by atoms with Gasteiger partial charge in [0.05, 0.1) is 10.9 Å². The summed E-state index contributed by atoms with van der Waals surface area (Å²) < 4.78 is 5.26. The van der Waals surface area contributed by atoms with Crippen LogP contribution in [0.25, 0.3) is 11.5 Å². The van der Waals surface area contributed by atoms with E-state index in [9.17, 15) is 4.79 Å². The van der Waals surface area contributed by atoms with Gasteiger partial charge in [-0.3, -0.25) is 9.78 Å². The third-order valence-electron chi connectivity index (χ3n) is 3.50. The van der Waals surface area contributed by atoms with Crippen LogP contribution in [0.1, 0.15) is 43.9 Å². The molecule has 2 aromatic heterocycles. The average molecular weight is 292 g/mol. The van der Waals surface area contributed by atoms with Gasteiger partial charge in [0.25, 0.3) is 0 Å². The summed E-state index contributed by atoms with van der Waals surface area (Å²) in [5.74, 6) is 0.741. The lowest BCUT2D eigenvalue weighted by atomic mass is 9.99. The molecule has 2 aromatic rings. The third-order valence-corrected chi connectivity index (χ3v) is 3.72. The predicted octanol–water partition coefficient (Wildman–Crippen LogP) is 3.40. The van der Waals surface area contributed by atoms with Gasteiger partial charge < -0.3 is 4.52 Å². The maximum absolute atomic E-state index is 12.0. The van der Waals surface area contributed by atoms with Crippen LogP contribution in [-0.4, -0.2) is 20.9 Å². The van der Waals surface area contributed by atoms with Gasteiger partial charge in [0, 0.05) is 12.6 Å². The maximum atomic E-state index is 12.0. The van der Waals surface area contributed by atoms with Gasteiger partial charge in [-0.05, 0) is 25.0 Å². The van der Waals surface area contributed by atoms with Crippen LogP contribution in [0.3, 0.4) is 0 Å². The summed E-state index contributed by atoms with van der Waals surface area (Å²) in [6.45, 7) is 0. The molecule has 0 spiro atoms. The molecule has 2 heterocycles. The number of Topliss-reactive ketones (excluding diaryl/α,β-unsaturated/α-hetero) is 1. The Morgan fingerprint density at radius 3 is 2.95 bits per heavy atom. The number of rotatable bonds is 2. The summed E-state index contributed by atoms with van der Waals surface area (Å²) in [4.78, 5) is 20.5. The molecule has 104 valence electrons. The van der Waals surface area contributed by atoms with Gasteiger partial charge >= 0.3 is 0 Å². The fourth-order valence-electron chi connectivity index (χ4n) is 2.41. The Balaban J connectivity index is 1.85. The SMILES string of the molecule is O=C1CCCCCC1c1nc(-c2ccc(Cl)cn2)no1. The first-order valence-electron chi connectivity index (χ1n) is 6.72. The van der Waals surface area contributed by atoms with Gasteiger partial charge in [-0.25, -0.2) is 0 Å². The second-order valence-electron chi connectivity index (χ2n) is 4.94. The molecule has 0 N–H and O–H groups in total. The molecule has 1 atom stereocenters. The Morgan fingerprint density at radius 1 is 1.25 bits per heavy atom. The summed E-state index contributed by atoms with van der Waals surface area (Å²) in [6.07, 6.45) is 5.98. The van der Waals surface area contributed by atoms with E-state index in [4.69, 9.17) is 16.1 Å². The quantitative estimate of drug-likeness (QED) is 0.793. The fraction of sp³-hybridized carbons (Fsp3) is 0.429. The first-order valence-corrected chi connectivity index (χ1v) is 7.10. The molecule has 0 saturated heterocycles. The molecule has 3 rings (SSSR count). The molecule has 1 aliphatic carbocycles. The van der Waals surface area contributed by atoms with Crippen LogP contribution in [0.4, 0.5) is 0 Å². The topological polar surface area (TPSA) is 68.9 Å². The van der Waals surface area contributed by atoms with Crippen molar-refractivity contribution in [2.24, 2.45) is 0 Å². The minimum atomic E-state index is -0.258. The summed E-state index contributed by atoms with van der Waals surface area (Å²) in [5.41, 5.74) is 0.588. The van der Waals surface area contributed by atoms with E-state index in [1.807, 2.05) is 0 Å². The highest BCUT2D eigenvalue weighted by molar-refractivity contribution is 6.30. The minimum Gasteiger partial charge on any atom is -0.338 e. The second kappa shape index (κ2) is 5.71. The third kappa shape index (κ3) is 2.72. The lowest BCUT2D eigenvalue weighted by Gasteiger charge is -2.06. The first kappa shape index (κ1) is 13.2. The number of aromatic nitrogens is 3. The van der Waals surface area contributed by atoms with Gasteiger partial charge in [-0.15, -0.1) is 0 Å². The zero-order chi connectivity index (χ0) is 13.9. The molecule has 1 unspecified atom stereocenters. The molecular weight excluding hydrogens is 278 g/mol. The number of halogens is 1. The highest BCUT2D eigenvalue weighted by Gasteiger charge is 2.28. The van der Waals surface area contributed by atoms with E-state index in [-0.39, 0.29) is 11.7 Å². The van der Waals surface area contributed by atoms with E-state index in [0.717, 1.165) is 25.7 Å². The van der Waals surface area contributed by atoms with Crippen LogP contribution in [-0.2, 0) is 4.79 Å². The van der Waals surface area contributed by atoms with Crippen molar-refractivity contribution in [3.63, 3.8) is 0 Å². The smallest absolute Gasteiger partial charge is 0.237 e. The number of carbonyl (C=O) groups excluding carboxylic acids is 1. The van der Waals surface area contributed by atoms with E-state index in [2.05, 4.69) is 15.1 Å². The Kier molecular flexibility index (Phi) is 3.78. The second-order valence-corrected chi connectivity index (χ2v) is 5.37. The lowest BCUT2D eigenvalue weighted by molar-refractivity contribution is -0.120. The highest BCUT2D eigenvalue weighted by atomic mass is 35.5. The van der Waals surface area contributed by atoms with Crippen LogP contribution >= 0.6 is 11.6 Å². The van der Waals surface area contributed by atoms with E-state index < -0.39 is 0 Å². The standard InChI is InChI=1S/C14H14ClN3O2/c15-9-6-7-11(16-8-9)13-17-14(20-18-13)10-4-2-1-3-5-12(10)19/h6-8,10H,1-5H2. The largest absolute Gasteiger partial charge is 0.338 e. The summed E-state index contributed by atoms with van der Waals surface area (Å²) >= 11 is 5.79. The minimum absolute atomic E-state index is 0.196. The predicted molar refractivity (Wildman–Crippen MR) is 73.4 cm³/mol. The number of hydrogen-bond acceptors (Lipinski definition) is 5. The number of pyridine rings is 1. The molecular formula is C14H14ClN3O2. The van der Waals surface area contributed by atoms with Gasteiger partial charge in [-0.2, -0.15) is 4.98 Å². The van der Waals surface area contributed by atoms with Gasteiger partial charge in [0.1, 0.15) is 11.5 Å². The van der Waals surface area contributed by atoms with Gasteiger partial charge in [-0.1, -0.05) is 29.6 Å². The molecule has 0 bridgehead atoms. The molecule has 1 aliphatic rings. The summed E-state index contributed by atoms with van der Waals surface area (Å²) in [6, 6.07) is 3.45. The van der Waals surface area contributed by atoms with E-state index in [1.165, 1.54) is 6.20 Å². The van der Waals surface area contributed by atoms with Crippen molar-refractivity contribution in [1.82, 2.24) is 15.1 Å². The zero-order valence-corrected chi connectivity index (χ0v) is 11.6. The molecule has 6 heteroatoms. The van der Waals surface area contributed by atoms with E-state index in [0.29, 0.717) is 28.9 Å². The van der Waals surface area contributed by atoms with Gasteiger partial charge in [0.2, 0.25) is 11.7 Å². The van der Waals surface area contributed by atoms with Crippen LogP contribution in [0.5, 0.6) is 0 Å². The normalized spacial score (nSPS) is 19.9. The van der Waals surface area contributed by atoms with Gasteiger partial charge in [0.15, 0.2) is 0 Å². The lowest BCUT2D eigenvalue weighted by Crippen LogP contribution is -2.10. The fourth-order valence-corrected chi connectivity index (χ4v) is 2.52. The molecule has 0 radical (unpaired) electrons. The van der Waals surface area contributed by atoms with Crippen molar-refractivity contribution in [2.45, 2.75) is 38.0 Å². The van der Waals surface area contributed by atoms with Crippen molar-refractivity contribution >= 4 is 17.4 Å². The van der Waals surface area contributed by atoms with Crippen molar-refractivity contribution in [2.75, 3.05) is 0 Å². The summed E-state index contributed by atoms with van der Waals surface area (Å²) in [5, 5.41) is 4.46. The molecule has 0 amide bonds. The monoisotopic (exact) mass is 291 g/mol. The number of ketones is 1. The Labute approximate surface area is 121 Å². The number of nitrogens with zero attached hydrogens (tertiary/aromatic N) is 3. The molecule has 5 nitrogen and oxygen atoms in total. The molecule has 0 aliphatic heterocycles. The number of hydrogen-bond donors (Lipinski definition) is 0. The molecule has 0 aromatic carbocycles. The van der Waals surface area contributed by atoms with Crippen molar-refractivity contribution in [3.05, 3.63) is 29.2 Å². The number of carbonyl (C=O) groups is 1. The molecule has 20 heavy (non-hydrogen) atoms. The van der Waals surface area contributed by atoms with E-state index >= 15 is 0 Å². The van der Waals surface area contributed by atoms with Crippen LogP contribution in [0.2, 0.25) is 5.02 Å². The van der Waals surface area contributed by atoms with Crippen LogP contribution in [0.15, 0.2) is 22.9 Å².